The Balaban J connectivity index is 1.73. The van der Waals surface area contributed by atoms with Crippen molar-refractivity contribution >= 4 is 29.4 Å². The van der Waals surface area contributed by atoms with Crippen LogP contribution in [0.15, 0.2) is 48.5 Å². The number of amides is 2. The number of nitrogens with one attached hydrogen (secondary N) is 2. The number of unbranched alkanes of at least 4 members (excludes halogenated alkanes) is 2. The monoisotopic (exact) mass is 418 g/mol. The molecule has 154 valence electrons. The number of rotatable bonds is 9. The molecule has 0 fully saturated rings. The van der Waals surface area contributed by atoms with E-state index < -0.39 is 24.4 Å². The average molecular weight is 419 g/mol. The number of benzene rings is 2. The molecule has 0 aliphatic carbocycles. The fourth-order valence-electron chi connectivity index (χ4n) is 2.32. The molecule has 2 rings (SSSR count). The van der Waals surface area contributed by atoms with Crippen LogP contribution < -0.4 is 15.6 Å². The molecule has 2 aromatic rings. The topological polar surface area (TPSA) is 93.7 Å². The average Bonchev–Trinajstić information content (AvgIpc) is 2.74. The summed E-state index contributed by atoms with van der Waals surface area (Å²) in [4.78, 5) is 35.7. The van der Waals surface area contributed by atoms with E-state index in [0.29, 0.717) is 17.9 Å². The fourth-order valence-corrected chi connectivity index (χ4v) is 2.54. The quantitative estimate of drug-likeness (QED) is 0.369. The van der Waals surface area contributed by atoms with Gasteiger partial charge >= 0.3 is 5.97 Å². The van der Waals surface area contributed by atoms with Gasteiger partial charge in [-0.25, -0.2) is 4.79 Å². The standard InChI is InChI=1S/C21H23ClN2O5/c1-2-3-6-13-28-16-11-9-15(10-12-16)21(27)29-14-19(25)23-24-20(26)17-7-4-5-8-18(17)22/h4-5,7-12H,2-3,6,13-14H2,1H3,(H,23,25)(H,24,26). The van der Waals surface area contributed by atoms with E-state index in [4.69, 9.17) is 21.1 Å². The molecule has 7 nitrogen and oxygen atoms in total. The summed E-state index contributed by atoms with van der Waals surface area (Å²) in [7, 11) is 0. The minimum absolute atomic E-state index is 0.212. The van der Waals surface area contributed by atoms with E-state index in [1.54, 1.807) is 42.5 Å². The molecule has 0 aromatic heterocycles. The van der Waals surface area contributed by atoms with Crippen molar-refractivity contribution in [3.63, 3.8) is 0 Å². The first-order chi connectivity index (χ1) is 14.0. The zero-order valence-electron chi connectivity index (χ0n) is 16.1. The van der Waals surface area contributed by atoms with Crippen LogP contribution in [0.4, 0.5) is 0 Å². The first-order valence-electron chi connectivity index (χ1n) is 9.25. The molecular formula is C21H23ClN2O5. The van der Waals surface area contributed by atoms with Crippen LogP contribution in [0.1, 0.15) is 46.9 Å². The van der Waals surface area contributed by atoms with Crippen LogP contribution in [-0.4, -0.2) is 31.0 Å². The van der Waals surface area contributed by atoms with Crippen molar-refractivity contribution in [2.75, 3.05) is 13.2 Å². The molecule has 0 radical (unpaired) electrons. The molecule has 0 heterocycles. The highest BCUT2D eigenvalue weighted by molar-refractivity contribution is 6.33. The van der Waals surface area contributed by atoms with Gasteiger partial charge in [0.25, 0.3) is 11.8 Å². The molecule has 0 saturated heterocycles. The maximum absolute atomic E-state index is 12.0. The van der Waals surface area contributed by atoms with Gasteiger partial charge in [0.15, 0.2) is 6.61 Å². The Morgan fingerprint density at radius 3 is 2.38 bits per heavy atom. The molecule has 0 spiro atoms. The van der Waals surface area contributed by atoms with Crippen molar-refractivity contribution in [3.8, 4) is 5.75 Å². The van der Waals surface area contributed by atoms with Crippen LogP contribution in [-0.2, 0) is 9.53 Å². The summed E-state index contributed by atoms with van der Waals surface area (Å²) in [6.45, 7) is 2.20. The number of esters is 1. The smallest absolute Gasteiger partial charge is 0.338 e. The minimum Gasteiger partial charge on any atom is -0.494 e. The predicted molar refractivity (Wildman–Crippen MR) is 109 cm³/mol. The van der Waals surface area contributed by atoms with Gasteiger partial charge in [-0.1, -0.05) is 43.5 Å². The Morgan fingerprint density at radius 1 is 0.966 bits per heavy atom. The number of halogens is 1. The Bertz CT molecular complexity index is 839. The van der Waals surface area contributed by atoms with Gasteiger partial charge in [0.1, 0.15) is 5.75 Å². The molecule has 2 N–H and O–H groups in total. The molecule has 0 bridgehead atoms. The molecule has 2 amide bonds. The lowest BCUT2D eigenvalue weighted by Crippen LogP contribution is -2.43. The van der Waals surface area contributed by atoms with Crippen molar-refractivity contribution in [3.05, 3.63) is 64.7 Å². The summed E-state index contributed by atoms with van der Waals surface area (Å²) < 4.78 is 10.5. The first kappa shape index (κ1) is 22.2. The Hall–Kier alpha value is -3.06. The lowest BCUT2D eigenvalue weighted by atomic mass is 10.2. The van der Waals surface area contributed by atoms with Crippen LogP contribution in [0.25, 0.3) is 0 Å². The van der Waals surface area contributed by atoms with E-state index in [0.717, 1.165) is 19.3 Å². The van der Waals surface area contributed by atoms with Crippen LogP contribution in [0.3, 0.4) is 0 Å². The normalized spacial score (nSPS) is 10.1. The van der Waals surface area contributed by atoms with Gasteiger partial charge in [0.2, 0.25) is 0 Å². The molecule has 8 heteroatoms. The molecule has 0 saturated carbocycles. The molecule has 2 aromatic carbocycles. The molecular weight excluding hydrogens is 396 g/mol. The molecule has 0 aliphatic rings. The highest BCUT2D eigenvalue weighted by Gasteiger charge is 2.13. The van der Waals surface area contributed by atoms with Crippen LogP contribution in [0.5, 0.6) is 5.75 Å². The third-order valence-corrected chi connectivity index (χ3v) is 4.20. The van der Waals surface area contributed by atoms with Gasteiger partial charge in [0.05, 0.1) is 22.8 Å². The maximum Gasteiger partial charge on any atom is 0.338 e. The number of hydrogen-bond donors (Lipinski definition) is 2. The van der Waals surface area contributed by atoms with Crippen LogP contribution in [0, 0.1) is 0 Å². The second-order valence-electron chi connectivity index (χ2n) is 6.14. The van der Waals surface area contributed by atoms with Gasteiger partial charge < -0.3 is 9.47 Å². The minimum atomic E-state index is -0.686. The summed E-state index contributed by atoms with van der Waals surface area (Å²) in [5.41, 5.74) is 4.87. The third kappa shape index (κ3) is 7.46. The molecule has 29 heavy (non-hydrogen) atoms. The van der Waals surface area contributed by atoms with Crippen molar-refractivity contribution in [1.82, 2.24) is 10.9 Å². The largest absolute Gasteiger partial charge is 0.494 e. The van der Waals surface area contributed by atoms with Gasteiger partial charge in [-0.15, -0.1) is 0 Å². The summed E-state index contributed by atoms with van der Waals surface area (Å²) in [6, 6.07) is 12.9. The second-order valence-corrected chi connectivity index (χ2v) is 6.55. The van der Waals surface area contributed by atoms with E-state index in [1.807, 2.05) is 0 Å². The number of ether oxygens (including phenoxy) is 2. The lowest BCUT2D eigenvalue weighted by molar-refractivity contribution is -0.125. The fraction of sp³-hybridized carbons (Fsp3) is 0.286. The Morgan fingerprint density at radius 2 is 1.69 bits per heavy atom. The Labute approximate surface area is 174 Å². The lowest BCUT2D eigenvalue weighted by Gasteiger charge is -2.09. The van der Waals surface area contributed by atoms with E-state index >= 15 is 0 Å². The van der Waals surface area contributed by atoms with Gasteiger partial charge in [-0.3, -0.25) is 20.4 Å². The first-order valence-corrected chi connectivity index (χ1v) is 9.62. The zero-order chi connectivity index (χ0) is 21.1. The van der Waals surface area contributed by atoms with Gasteiger partial charge in [-0.05, 0) is 42.8 Å². The van der Waals surface area contributed by atoms with Crippen molar-refractivity contribution in [2.45, 2.75) is 26.2 Å². The number of hydrogen-bond acceptors (Lipinski definition) is 5. The predicted octanol–water partition coefficient (Wildman–Crippen LogP) is 3.53. The van der Waals surface area contributed by atoms with Gasteiger partial charge in [-0.2, -0.15) is 0 Å². The van der Waals surface area contributed by atoms with Crippen LogP contribution in [0.2, 0.25) is 5.02 Å². The van der Waals surface area contributed by atoms with Crippen molar-refractivity contribution in [2.24, 2.45) is 0 Å². The highest BCUT2D eigenvalue weighted by Crippen LogP contribution is 2.15. The Kier molecular flexibility index (Phi) is 8.98. The number of hydrazine groups is 1. The van der Waals surface area contributed by atoms with Crippen molar-refractivity contribution < 1.29 is 23.9 Å². The molecule has 0 unspecified atom stereocenters. The summed E-state index contributed by atoms with van der Waals surface area (Å²) in [5.74, 6) is -1.26. The number of carbonyl (C=O) groups is 3. The SMILES string of the molecule is CCCCCOc1ccc(C(=O)OCC(=O)NNC(=O)c2ccccc2Cl)cc1. The third-order valence-electron chi connectivity index (χ3n) is 3.87. The molecule has 0 aliphatic heterocycles. The van der Waals surface area contributed by atoms with E-state index in [2.05, 4.69) is 17.8 Å². The maximum atomic E-state index is 12.0. The van der Waals surface area contributed by atoms with Crippen LogP contribution >= 0.6 is 11.6 Å². The second kappa shape index (κ2) is 11.7. The van der Waals surface area contributed by atoms with E-state index in [1.165, 1.54) is 6.07 Å². The summed E-state index contributed by atoms with van der Waals surface area (Å²) >= 11 is 5.91. The van der Waals surface area contributed by atoms with Crippen molar-refractivity contribution in [1.29, 1.82) is 0 Å². The van der Waals surface area contributed by atoms with E-state index in [-0.39, 0.29) is 10.6 Å². The molecule has 0 atom stereocenters. The summed E-state index contributed by atoms with van der Waals surface area (Å²) in [5, 5.41) is 0.253. The number of carbonyl (C=O) groups excluding carboxylic acids is 3. The summed E-state index contributed by atoms with van der Waals surface area (Å²) in [6.07, 6.45) is 3.19. The zero-order valence-corrected chi connectivity index (χ0v) is 16.8. The highest BCUT2D eigenvalue weighted by atomic mass is 35.5. The van der Waals surface area contributed by atoms with Gasteiger partial charge in [0, 0.05) is 0 Å². The van der Waals surface area contributed by atoms with E-state index in [9.17, 15) is 14.4 Å².